The van der Waals surface area contributed by atoms with Crippen LogP contribution in [0.15, 0.2) is 60.8 Å². The lowest BCUT2D eigenvalue weighted by Gasteiger charge is -2.14. The minimum absolute atomic E-state index is 0.00583. The van der Waals surface area contributed by atoms with E-state index in [0.717, 1.165) is 15.3 Å². The number of thiophene rings is 1. The minimum Gasteiger partial charge on any atom is -0.489 e. The van der Waals surface area contributed by atoms with Gasteiger partial charge in [-0.15, -0.1) is 16.4 Å². The summed E-state index contributed by atoms with van der Waals surface area (Å²) in [4.78, 5) is 27.0. The van der Waals surface area contributed by atoms with Gasteiger partial charge in [-0.2, -0.15) is 13.2 Å². The number of ether oxygens (including phenoxy) is 2. The quantitative estimate of drug-likeness (QED) is 0.156. The number of nitrogens with one attached hydrogen (secondary N) is 2. The summed E-state index contributed by atoms with van der Waals surface area (Å²) in [5.74, 6) is -1.40. The second kappa shape index (κ2) is 14.2. The lowest BCUT2D eigenvalue weighted by atomic mass is 10.1. The van der Waals surface area contributed by atoms with E-state index >= 15 is 0 Å². The first kappa shape index (κ1) is 30.9. The average Bonchev–Trinajstić information content (AvgIpc) is 3.65. The zero-order valence-corrected chi connectivity index (χ0v) is 23.4. The van der Waals surface area contributed by atoms with Gasteiger partial charge in [-0.3, -0.25) is 9.59 Å². The van der Waals surface area contributed by atoms with E-state index in [4.69, 9.17) is 21.1 Å². The molecule has 0 unspecified atom stereocenters. The summed E-state index contributed by atoms with van der Waals surface area (Å²) < 4.78 is 61.8. The van der Waals surface area contributed by atoms with E-state index in [1.807, 2.05) is 24.3 Å². The summed E-state index contributed by atoms with van der Waals surface area (Å²) in [6, 6.07) is 15.2. The Balaban J connectivity index is 1.44. The highest BCUT2D eigenvalue weighted by atomic mass is 35.5. The van der Waals surface area contributed by atoms with Gasteiger partial charge in [0.15, 0.2) is 5.69 Å². The predicted molar refractivity (Wildman–Crippen MR) is 148 cm³/mol. The molecule has 0 aliphatic heterocycles. The van der Waals surface area contributed by atoms with Crippen LogP contribution in [0.2, 0.25) is 5.02 Å². The van der Waals surface area contributed by atoms with Crippen LogP contribution in [0.3, 0.4) is 0 Å². The van der Waals surface area contributed by atoms with E-state index in [1.165, 1.54) is 40.4 Å². The van der Waals surface area contributed by atoms with Crippen LogP contribution in [-0.4, -0.2) is 66.0 Å². The molecular formula is C27H24ClF4N5O4S. The maximum atomic E-state index is 12.8. The minimum atomic E-state index is -4.58. The van der Waals surface area contributed by atoms with Gasteiger partial charge >= 0.3 is 6.18 Å². The molecule has 0 saturated carbocycles. The monoisotopic (exact) mass is 625 g/mol. The van der Waals surface area contributed by atoms with Gasteiger partial charge in [0.05, 0.1) is 26.0 Å². The summed E-state index contributed by atoms with van der Waals surface area (Å²) in [5.41, 5.74) is 1.15. The van der Waals surface area contributed by atoms with Crippen molar-refractivity contribution in [2.24, 2.45) is 0 Å². The third kappa shape index (κ3) is 8.74. The predicted octanol–water partition coefficient (Wildman–Crippen LogP) is 5.24. The molecule has 2 N–H and O–H groups in total. The summed E-state index contributed by atoms with van der Waals surface area (Å²) in [6.45, 7) is -2.11. The van der Waals surface area contributed by atoms with Crippen molar-refractivity contribution in [1.82, 2.24) is 25.6 Å². The first-order valence-electron chi connectivity index (χ1n) is 12.4. The molecule has 2 amide bonds. The topological polar surface area (TPSA) is 107 Å². The van der Waals surface area contributed by atoms with E-state index < -0.39 is 31.2 Å². The van der Waals surface area contributed by atoms with Crippen molar-refractivity contribution in [3.8, 4) is 21.9 Å². The summed E-state index contributed by atoms with van der Waals surface area (Å²) >= 11 is 7.46. The Labute approximate surface area is 246 Å². The van der Waals surface area contributed by atoms with Crippen molar-refractivity contribution < 1.29 is 36.6 Å². The van der Waals surface area contributed by atoms with Crippen LogP contribution >= 0.6 is 22.9 Å². The number of hydrogen-bond donors (Lipinski definition) is 2. The number of aromatic nitrogens is 3. The normalized spacial score (nSPS) is 11.4. The van der Waals surface area contributed by atoms with E-state index in [2.05, 4.69) is 15.6 Å². The Morgan fingerprint density at radius 1 is 0.976 bits per heavy atom. The number of carbonyl (C=O) groups excluding carboxylic acids is 2. The average molecular weight is 626 g/mol. The van der Waals surface area contributed by atoms with E-state index in [0.29, 0.717) is 5.02 Å². The van der Waals surface area contributed by atoms with Gasteiger partial charge in [0.25, 0.3) is 11.8 Å². The van der Waals surface area contributed by atoms with E-state index in [-0.39, 0.29) is 49.1 Å². The fraction of sp³-hybridized carbons (Fsp3) is 0.259. The molecule has 0 aliphatic carbocycles. The standard InChI is InChI=1S/C27H24ClF4N5O4S/c28-19-4-1-17(2-5-19)24-8-6-20(42-24)14-33-26(39)21-15-37(36-35-21)22-7-3-18(25(38)34-16-27(30,31)32)13-23(22)41-12-11-40-10-9-29/h1-8,13,15H,9-12,14,16H2,(H,33,39)(H,34,38). The van der Waals surface area contributed by atoms with Crippen LogP contribution in [0.1, 0.15) is 25.7 Å². The van der Waals surface area contributed by atoms with Crippen LogP contribution < -0.4 is 15.4 Å². The van der Waals surface area contributed by atoms with Crippen LogP contribution in [0, 0.1) is 0 Å². The zero-order valence-electron chi connectivity index (χ0n) is 21.8. The van der Waals surface area contributed by atoms with Crippen LogP contribution in [-0.2, 0) is 11.3 Å². The second-order valence-electron chi connectivity index (χ2n) is 8.63. The smallest absolute Gasteiger partial charge is 0.405 e. The van der Waals surface area contributed by atoms with Crippen molar-refractivity contribution in [3.63, 3.8) is 0 Å². The molecular weight excluding hydrogens is 602 g/mol. The van der Waals surface area contributed by atoms with Gasteiger partial charge < -0.3 is 20.1 Å². The van der Waals surface area contributed by atoms with Gasteiger partial charge in [0.1, 0.15) is 31.3 Å². The zero-order chi connectivity index (χ0) is 30.1. The number of alkyl halides is 4. The van der Waals surface area contributed by atoms with Crippen LogP contribution in [0.4, 0.5) is 17.6 Å². The van der Waals surface area contributed by atoms with Crippen molar-refractivity contribution in [2.45, 2.75) is 12.7 Å². The Morgan fingerprint density at radius 3 is 2.50 bits per heavy atom. The lowest BCUT2D eigenvalue weighted by Crippen LogP contribution is -2.33. The van der Waals surface area contributed by atoms with Gasteiger partial charge in [-0.05, 0) is 48.0 Å². The largest absolute Gasteiger partial charge is 0.489 e. The summed E-state index contributed by atoms with van der Waals surface area (Å²) in [5, 5.41) is 13.1. The van der Waals surface area contributed by atoms with Crippen LogP contribution in [0.25, 0.3) is 16.1 Å². The maximum Gasteiger partial charge on any atom is 0.405 e. The fourth-order valence-corrected chi connectivity index (χ4v) is 4.67. The molecule has 0 fully saturated rings. The maximum absolute atomic E-state index is 12.8. The number of halogens is 5. The number of rotatable bonds is 13. The first-order chi connectivity index (χ1) is 20.1. The van der Waals surface area contributed by atoms with Crippen molar-refractivity contribution in [2.75, 3.05) is 33.0 Å². The third-order valence-electron chi connectivity index (χ3n) is 5.56. The molecule has 2 aromatic heterocycles. The molecule has 9 nitrogen and oxygen atoms in total. The molecule has 42 heavy (non-hydrogen) atoms. The molecule has 15 heteroatoms. The molecule has 2 aromatic carbocycles. The molecule has 0 aliphatic rings. The van der Waals surface area contributed by atoms with Crippen molar-refractivity contribution in [3.05, 3.63) is 82.0 Å². The molecule has 0 radical (unpaired) electrons. The SMILES string of the molecule is O=C(NCC(F)(F)F)c1ccc(-n2cc(C(=O)NCc3ccc(-c4ccc(Cl)cc4)s3)nn2)c(OCCOCCF)c1. The number of carbonyl (C=O) groups is 2. The highest BCUT2D eigenvalue weighted by Crippen LogP contribution is 2.29. The van der Waals surface area contributed by atoms with Gasteiger partial charge in [-0.25, -0.2) is 9.07 Å². The molecule has 2 heterocycles. The molecule has 4 rings (SSSR count). The number of hydrogen-bond acceptors (Lipinski definition) is 7. The molecule has 0 bridgehead atoms. The Morgan fingerprint density at radius 2 is 1.76 bits per heavy atom. The second-order valence-corrected chi connectivity index (χ2v) is 10.2. The molecule has 0 saturated heterocycles. The van der Waals surface area contributed by atoms with E-state index in [9.17, 15) is 27.2 Å². The molecule has 0 atom stereocenters. The van der Waals surface area contributed by atoms with Gasteiger partial charge in [-0.1, -0.05) is 28.9 Å². The third-order valence-corrected chi connectivity index (χ3v) is 6.95. The number of amides is 2. The fourth-order valence-electron chi connectivity index (χ4n) is 3.60. The molecule has 0 spiro atoms. The van der Waals surface area contributed by atoms with Crippen LogP contribution in [0.5, 0.6) is 5.75 Å². The highest BCUT2D eigenvalue weighted by Gasteiger charge is 2.28. The first-order valence-corrected chi connectivity index (χ1v) is 13.6. The lowest BCUT2D eigenvalue weighted by molar-refractivity contribution is -0.123. The molecule has 222 valence electrons. The summed E-state index contributed by atoms with van der Waals surface area (Å²) in [6.07, 6.45) is -3.24. The van der Waals surface area contributed by atoms with Gasteiger partial charge in [0, 0.05) is 20.3 Å². The van der Waals surface area contributed by atoms with Gasteiger partial charge in [0.2, 0.25) is 0 Å². The Hall–Kier alpha value is -4.01. The van der Waals surface area contributed by atoms with Crippen molar-refractivity contribution >= 4 is 34.8 Å². The number of nitrogens with zero attached hydrogens (tertiary/aromatic N) is 3. The Kier molecular flexibility index (Phi) is 10.5. The molecule has 4 aromatic rings. The van der Waals surface area contributed by atoms with E-state index in [1.54, 1.807) is 17.4 Å². The highest BCUT2D eigenvalue weighted by molar-refractivity contribution is 7.15. The summed E-state index contributed by atoms with van der Waals surface area (Å²) in [7, 11) is 0. The number of benzene rings is 2. The van der Waals surface area contributed by atoms with Crippen molar-refractivity contribution in [1.29, 1.82) is 0 Å². The Bertz CT molecular complexity index is 1510.